The zero-order valence-electron chi connectivity index (χ0n) is 18.0. The number of hydrogen-bond donors (Lipinski definition) is 1. The molecule has 0 aromatic heterocycles. The van der Waals surface area contributed by atoms with Crippen molar-refractivity contribution in [1.82, 2.24) is 9.80 Å². The molecule has 1 saturated heterocycles. The predicted octanol–water partition coefficient (Wildman–Crippen LogP) is 3.55. The number of carbonyl (C=O) groups is 2. The van der Waals surface area contributed by atoms with Crippen LogP contribution in [0.1, 0.15) is 19.4 Å². The van der Waals surface area contributed by atoms with Crippen LogP contribution >= 0.6 is 15.9 Å². The van der Waals surface area contributed by atoms with Gasteiger partial charge in [0.1, 0.15) is 5.82 Å². The van der Waals surface area contributed by atoms with Gasteiger partial charge in [-0.25, -0.2) is 9.18 Å². The molecule has 1 fully saturated rings. The molecule has 0 aliphatic carbocycles. The van der Waals surface area contributed by atoms with Crippen molar-refractivity contribution in [2.45, 2.75) is 32.5 Å². The van der Waals surface area contributed by atoms with Crippen molar-refractivity contribution in [2.24, 2.45) is 0 Å². The Morgan fingerprint density at radius 1 is 1.03 bits per heavy atom. The Kier molecular flexibility index (Phi) is 8.09. The molecule has 1 amide bonds. The van der Waals surface area contributed by atoms with Gasteiger partial charge in [-0.1, -0.05) is 28.1 Å². The van der Waals surface area contributed by atoms with E-state index in [4.69, 9.17) is 14.6 Å². The van der Waals surface area contributed by atoms with Crippen LogP contribution in [0, 0.1) is 5.82 Å². The van der Waals surface area contributed by atoms with E-state index in [1.54, 1.807) is 35.2 Å². The van der Waals surface area contributed by atoms with Crippen LogP contribution in [0.15, 0.2) is 46.9 Å². The summed E-state index contributed by atoms with van der Waals surface area (Å²) in [7, 11) is 0. The molecule has 0 radical (unpaired) electrons. The first kappa shape index (κ1) is 24.0. The number of aliphatic carboxylic acids is 1. The number of ether oxygens (including phenoxy) is 2. The Hall–Kier alpha value is -2.65. The van der Waals surface area contributed by atoms with Crippen molar-refractivity contribution < 1.29 is 28.6 Å². The number of hydrogen-bond acceptors (Lipinski definition) is 5. The summed E-state index contributed by atoms with van der Waals surface area (Å²) in [6.07, 6.45) is 0. The van der Waals surface area contributed by atoms with Crippen molar-refractivity contribution in [2.75, 3.05) is 26.3 Å². The quantitative estimate of drug-likeness (QED) is 0.587. The van der Waals surface area contributed by atoms with Crippen LogP contribution in [0.5, 0.6) is 11.5 Å². The van der Waals surface area contributed by atoms with Gasteiger partial charge in [0.05, 0.1) is 0 Å². The van der Waals surface area contributed by atoms with E-state index in [9.17, 15) is 14.0 Å². The van der Waals surface area contributed by atoms with Gasteiger partial charge < -0.3 is 19.5 Å². The van der Waals surface area contributed by atoms with Crippen LogP contribution in [-0.4, -0.2) is 65.2 Å². The maximum Gasteiger partial charge on any atom is 0.341 e. The first-order valence-electron chi connectivity index (χ1n) is 10.3. The summed E-state index contributed by atoms with van der Waals surface area (Å²) in [4.78, 5) is 27.7. The van der Waals surface area contributed by atoms with Gasteiger partial charge >= 0.3 is 5.97 Å². The minimum atomic E-state index is -1.10. The molecule has 0 bridgehead atoms. The summed E-state index contributed by atoms with van der Waals surface area (Å²) >= 11 is 3.31. The number of carboxylic acid groups (broad SMARTS) is 1. The fraction of sp³-hybridized carbons (Fsp3) is 0.391. The third kappa shape index (κ3) is 6.43. The molecule has 7 nitrogen and oxygen atoms in total. The van der Waals surface area contributed by atoms with E-state index in [0.717, 1.165) is 5.56 Å². The lowest BCUT2D eigenvalue weighted by atomic mass is 10.1. The smallest absolute Gasteiger partial charge is 0.341 e. The molecular formula is C23H26BrFN2O5. The van der Waals surface area contributed by atoms with Crippen LogP contribution < -0.4 is 9.47 Å². The van der Waals surface area contributed by atoms with E-state index < -0.39 is 12.6 Å². The van der Waals surface area contributed by atoms with Gasteiger partial charge in [-0.2, -0.15) is 0 Å². The Bertz CT molecular complexity index is 956. The molecule has 172 valence electrons. The summed E-state index contributed by atoms with van der Waals surface area (Å²) in [5, 5.41) is 8.84. The van der Waals surface area contributed by atoms with Gasteiger partial charge in [0.15, 0.2) is 24.7 Å². The highest BCUT2D eigenvalue weighted by Crippen LogP contribution is 2.31. The summed E-state index contributed by atoms with van der Waals surface area (Å²) < 4.78 is 24.8. The average molecular weight is 509 g/mol. The standard InChI is InChI=1S/C23H26BrFN2O5/c1-15-11-27(16(2)10-26(15)12-17-3-6-19(25)7-4-17)22(28)13-31-20-8-5-18(24)9-21(20)32-14-23(29)30/h3-9,15-16H,10-14H2,1-2H3,(H,29,30)/t15-,16+/m0/s1. The molecule has 3 rings (SSSR count). The fourth-order valence-electron chi connectivity index (χ4n) is 3.67. The summed E-state index contributed by atoms with van der Waals surface area (Å²) in [5.74, 6) is -0.961. The maximum absolute atomic E-state index is 13.2. The molecule has 0 saturated carbocycles. The molecule has 1 aliphatic heterocycles. The second-order valence-corrected chi connectivity index (χ2v) is 8.78. The van der Waals surface area contributed by atoms with Gasteiger partial charge in [-0.05, 0) is 49.7 Å². The van der Waals surface area contributed by atoms with Crippen LogP contribution in [0.25, 0.3) is 0 Å². The molecule has 1 aliphatic rings. The number of benzene rings is 2. The SMILES string of the molecule is C[C@@H]1CN(Cc2ccc(F)cc2)[C@@H](C)CN1C(=O)COc1ccc(Br)cc1OCC(=O)O. The number of amides is 1. The molecule has 1 heterocycles. The third-order valence-corrected chi connectivity index (χ3v) is 5.84. The highest BCUT2D eigenvalue weighted by Gasteiger charge is 2.32. The lowest BCUT2D eigenvalue weighted by Gasteiger charge is -2.44. The Morgan fingerprint density at radius 3 is 2.41 bits per heavy atom. The molecule has 2 aromatic rings. The average Bonchev–Trinajstić information content (AvgIpc) is 2.75. The minimum absolute atomic E-state index is 0.0182. The maximum atomic E-state index is 13.2. The second-order valence-electron chi connectivity index (χ2n) is 7.86. The number of nitrogens with zero attached hydrogens (tertiary/aromatic N) is 2. The largest absolute Gasteiger partial charge is 0.480 e. The van der Waals surface area contributed by atoms with Crippen molar-refractivity contribution in [3.63, 3.8) is 0 Å². The van der Waals surface area contributed by atoms with E-state index in [-0.39, 0.29) is 36.2 Å². The van der Waals surface area contributed by atoms with E-state index >= 15 is 0 Å². The molecule has 2 atom stereocenters. The van der Waals surface area contributed by atoms with Gasteiger partial charge in [-0.3, -0.25) is 9.69 Å². The molecule has 32 heavy (non-hydrogen) atoms. The van der Waals surface area contributed by atoms with Crippen molar-refractivity contribution in [1.29, 1.82) is 0 Å². The number of piperazine rings is 1. The Morgan fingerprint density at radius 2 is 1.72 bits per heavy atom. The molecule has 0 unspecified atom stereocenters. The Balaban J connectivity index is 1.58. The van der Waals surface area contributed by atoms with E-state index in [1.807, 2.05) is 6.92 Å². The highest BCUT2D eigenvalue weighted by atomic mass is 79.9. The number of carboxylic acids is 1. The minimum Gasteiger partial charge on any atom is -0.480 e. The summed E-state index contributed by atoms with van der Waals surface area (Å²) in [5.41, 5.74) is 1.03. The lowest BCUT2D eigenvalue weighted by Crippen LogP contribution is -2.58. The monoisotopic (exact) mass is 508 g/mol. The summed E-state index contributed by atoms with van der Waals surface area (Å²) in [6.45, 7) is 5.28. The second kappa shape index (κ2) is 10.8. The van der Waals surface area contributed by atoms with Crippen molar-refractivity contribution >= 4 is 27.8 Å². The predicted molar refractivity (Wildman–Crippen MR) is 120 cm³/mol. The van der Waals surface area contributed by atoms with Crippen LogP contribution in [0.4, 0.5) is 4.39 Å². The Labute approximate surface area is 194 Å². The number of carbonyl (C=O) groups excluding carboxylic acids is 1. The third-order valence-electron chi connectivity index (χ3n) is 5.34. The molecule has 9 heteroatoms. The number of halogens is 2. The van der Waals surface area contributed by atoms with E-state index in [2.05, 4.69) is 27.8 Å². The molecule has 1 N–H and O–H groups in total. The van der Waals surface area contributed by atoms with Gasteiger partial charge in [0, 0.05) is 36.2 Å². The van der Waals surface area contributed by atoms with Crippen LogP contribution in [-0.2, 0) is 16.1 Å². The molecule has 0 spiro atoms. The van der Waals surface area contributed by atoms with Crippen LogP contribution in [0.3, 0.4) is 0 Å². The summed E-state index contributed by atoms with van der Waals surface area (Å²) in [6, 6.07) is 11.5. The first-order valence-corrected chi connectivity index (χ1v) is 11.1. The normalized spacial score (nSPS) is 18.9. The molecule has 2 aromatic carbocycles. The molecular weight excluding hydrogens is 483 g/mol. The van der Waals surface area contributed by atoms with Gasteiger partial charge in [0.2, 0.25) is 0 Å². The zero-order valence-corrected chi connectivity index (χ0v) is 19.5. The lowest BCUT2D eigenvalue weighted by molar-refractivity contribution is -0.140. The van der Waals surface area contributed by atoms with Crippen molar-refractivity contribution in [3.05, 3.63) is 58.3 Å². The van der Waals surface area contributed by atoms with Crippen molar-refractivity contribution in [3.8, 4) is 11.5 Å². The number of rotatable bonds is 8. The topological polar surface area (TPSA) is 79.3 Å². The fourth-order valence-corrected chi connectivity index (χ4v) is 4.01. The van der Waals surface area contributed by atoms with E-state index in [0.29, 0.717) is 29.9 Å². The first-order chi connectivity index (χ1) is 15.2. The zero-order chi connectivity index (χ0) is 23.3. The van der Waals surface area contributed by atoms with Gasteiger partial charge in [-0.15, -0.1) is 0 Å². The van der Waals surface area contributed by atoms with Gasteiger partial charge in [0.25, 0.3) is 5.91 Å². The van der Waals surface area contributed by atoms with Crippen LogP contribution in [0.2, 0.25) is 0 Å². The van der Waals surface area contributed by atoms with E-state index in [1.165, 1.54) is 12.1 Å². The highest BCUT2D eigenvalue weighted by molar-refractivity contribution is 9.10.